The Bertz CT molecular complexity index is 909. The second kappa shape index (κ2) is 9.36. The number of ether oxygens (including phenoxy) is 1. The highest BCUT2D eigenvalue weighted by Crippen LogP contribution is 2.20. The SMILES string of the molecule is CCc1ccc(CN(C)C(=O)CSc2nnnn2-c2ccc(OC)cc2)cc1. The molecular formula is C20H23N5O2S. The smallest absolute Gasteiger partial charge is 0.233 e. The quantitative estimate of drug-likeness (QED) is 0.544. The van der Waals surface area contributed by atoms with Crippen LogP contribution in [0.4, 0.5) is 0 Å². The molecule has 1 amide bonds. The van der Waals surface area contributed by atoms with E-state index in [0.717, 1.165) is 23.4 Å². The number of rotatable bonds is 8. The van der Waals surface area contributed by atoms with E-state index in [2.05, 4.69) is 46.7 Å². The van der Waals surface area contributed by atoms with E-state index >= 15 is 0 Å². The molecule has 0 atom stereocenters. The third-order valence-corrected chi connectivity index (χ3v) is 5.26. The number of carbonyl (C=O) groups is 1. The molecule has 0 spiro atoms. The molecular weight excluding hydrogens is 374 g/mol. The van der Waals surface area contributed by atoms with Gasteiger partial charge < -0.3 is 9.64 Å². The highest BCUT2D eigenvalue weighted by Gasteiger charge is 2.14. The van der Waals surface area contributed by atoms with Crippen LogP contribution in [0.3, 0.4) is 0 Å². The fraction of sp³-hybridized carbons (Fsp3) is 0.300. The molecule has 0 radical (unpaired) electrons. The average molecular weight is 398 g/mol. The summed E-state index contributed by atoms with van der Waals surface area (Å²) in [5.41, 5.74) is 3.21. The van der Waals surface area contributed by atoms with Crippen molar-refractivity contribution >= 4 is 17.7 Å². The average Bonchev–Trinajstić information content (AvgIpc) is 3.21. The van der Waals surface area contributed by atoms with Gasteiger partial charge in [-0.25, -0.2) is 0 Å². The summed E-state index contributed by atoms with van der Waals surface area (Å²) in [6, 6.07) is 15.8. The first-order valence-electron chi connectivity index (χ1n) is 8.98. The Hall–Kier alpha value is -2.87. The predicted octanol–water partition coefficient (Wildman–Crippen LogP) is 2.98. The largest absolute Gasteiger partial charge is 0.497 e. The van der Waals surface area contributed by atoms with Gasteiger partial charge in [0.1, 0.15) is 5.75 Å². The fourth-order valence-electron chi connectivity index (χ4n) is 2.63. The number of hydrogen-bond acceptors (Lipinski definition) is 6. The van der Waals surface area contributed by atoms with Crippen molar-refractivity contribution < 1.29 is 9.53 Å². The second-order valence-corrected chi connectivity index (χ2v) is 7.22. The molecule has 1 heterocycles. The van der Waals surface area contributed by atoms with Crippen molar-refractivity contribution in [2.75, 3.05) is 19.9 Å². The summed E-state index contributed by atoms with van der Waals surface area (Å²) < 4.78 is 6.78. The molecule has 0 aliphatic heterocycles. The van der Waals surface area contributed by atoms with Crippen LogP contribution in [0.25, 0.3) is 5.69 Å². The normalized spacial score (nSPS) is 10.7. The predicted molar refractivity (Wildman–Crippen MR) is 109 cm³/mol. The Morgan fingerprint density at radius 2 is 1.79 bits per heavy atom. The number of tetrazole rings is 1. The molecule has 0 fully saturated rings. The van der Waals surface area contributed by atoms with E-state index in [9.17, 15) is 4.79 Å². The second-order valence-electron chi connectivity index (χ2n) is 6.28. The van der Waals surface area contributed by atoms with E-state index in [1.54, 1.807) is 16.7 Å². The summed E-state index contributed by atoms with van der Waals surface area (Å²) in [6.07, 6.45) is 1.01. The Morgan fingerprint density at radius 1 is 1.11 bits per heavy atom. The maximum absolute atomic E-state index is 12.5. The van der Waals surface area contributed by atoms with Gasteiger partial charge in [-0.15, -0.1) is 5.10 Å². The van der Waals surface area contributed by atoms with Crippen LogP contribution in [0.1, 0.15) is 18.1 Å². The molecule has 0 aliphatic rings. The Labute approximate surface area is 168 Å². The number of methoxy groups -OCH3 is 1. The van der Waals surface area contributed by atoms with Gasteiger partial charge in [-0.05, 0) is 52.2 Å². The monoisotopic (exact) mass is 397 g/mol. The number of aromatic nitrogens is 4. The summed E-state index contributed by atoms with van der Waals surface area (Å²) in [5, 5.41) is 12.4. The van der Waals surface area contributed by atoms with Crippen molar-refractivity contribution in [3.8, 4) is 11.4 Å². The zero-order chi connectivity index (χ0) is 19.9. The van der Waals surface area contributed by atoms with Gasteiger partial charge in [0.25, 0.3) is 0 Å². The van der Waals surface area contributed by atoms with Crippen LogP contribution in [-0.2, 0) is 17.8 Å². The van der Waals surface area contributed by atoms with Gasteiger partial charge in [0.15, 0.2) is 0 Å². The third kappa shape index (κ3) is 4.89. The molecule has 2 aromatic carbocycles. The van der Waals surface area contributed by atoms with Crippen LogP contribution >= 0.6 is 11.8 Å². The molecule has 0 saturated carbocycles. The molecule has 0 aliphatic carbocycles. The Morgan fingerprint density at radius 3 is 2.43 bits per heavy atom. The summed E-state index contributed by atoms with van der Waals surface area (Å²) in [4.78, 5) is 14.2. The van der Waals surface area contributed by atoms with Crippen molar-refractivity contribution in [2.45, 2.75) is 25.0 Å². The summed E-state index contributed by atoms with van der Waals surface area (Å²) in [7, 11) is 3.43. The number of hydrogen-bond donors (Lipinski definition) is 0. The van der Waals surface area contributed by atoms with Crippen molar-refractivity contribution in [2.24, 2.45) is 0 Å². The topological polar surface area (TPSA) is 73.1 Å². The molecule has 7 nitrogen and oxygen atoms in total. The van der Waals surface area contributed by atoms with Gasteiger partial charge in [-0.1, -0.05) is 43.0 Å². The molecule has 0 N–H and O–H groups in total. The van der Waals surface area contributed by atoms with Crippen LogP contribution in [0.2, 0.25) is 0 Å². The highest BCUT2D eigenvalue weighted by atomic mass is 32.2. The van der Waals surface area contributed by atoms with Crippen molar-refractivity contribution in [3.63, 3.8) is 0 Å². The summed E-state index contributed by atoms with van der Waals surface area (Å²) in [5.74, 6) is 1.05. The van der Waals surface area contributed by atoms with Crippen molar-refractivity contribution in [3.05, 3.63) is 59.7 Å². The van der Waals surface area contributed by atoms with E-state index in [1.165, 1.54) is 17.3 Å². The van der Waals surface area contributed by atoms with E-state index < -0.39 is 0 Å². The molecule has 3 rings (SSSR count). The van der Waals surface area contributed by atoms with Gasteiger partial charge in [0.2, 0.25) is 11.1 Å². The lowest BCUT2D eigenvalue weighted by molar-refractivity contribution is -0.127. The first kappa shape index (κ1) is 19.9. The van der Waals surface area contributed by atoms with Gasteiger partial charge >= 0.3 is 0 Å². The number of nitrogens with zero attached hydrogens (tertiary/aromatic N) is 5. The lowest BCUT2D eigenvalue weighted by Gasteiger charge is -2.17. The van der Waals surface area contributed by atoms with E-state index in [1.807, 2.05) is 31.3 Å². The van der Waals surface area contributed by atoms with Gasteiger partial charge in [-0.3, -0.25) is 4.79 Å². The van der Waals surface area contributed by atoms with E-state index in [0.29, 0.717) is 11.7 Å². The maximum atomic E-state index is 12.5. The molecule has 8 heteroatoms. The first-order chi connectivity index (χ1) is 13.6. The minimum absolute atomic E-state index is 0.0221. The van der Waals surface area contributed by atoms with Crippen LogP contribution in [-0.4, -0.2) is 50.9 Å². The van der Waals surface area contributed by atoms with Gasteiger partial charge in [0, 0.05) is 13.6 Å². The molecule has 0 bridgehead atoms. The molecule has 28 heavy (non-hydrogen) atoms. The molecule has 1 aromatic heterocycles. The molecule has 0 unspecified atom stereocenters. The number of thioether (sulfide) groups is 1. The third-order valence-electron chi connectivity index (χ3n) is 4.36. The van der Waals surface area contributed by atoms with E-state index in [-0.39, 0.29) is 11.7 Å². The Balaban J connectivity index is 1.59. The van der Waals surface area contributed by atoms with Crippen LogP contribution in [0.15, 0.2) is 53.7 Å². The maximum Gasteiger partial charge on any atom is 0.233 e. The minimum Gasteiger partial charge on any atom is -0.497 e. The number of carbonyl (C=O) groups excluding carboxylic acids is 1. The zero-order valence-corrected chi connectivity index (χ0v) is 17.0. The lowest BCUT2D eigenvalue weighted by Crippen LogP contribution is -2.27. The Kier molecular flexibility index (Phi) is 6.65. The first-order valence-corrected chi connectivity index (χ1v) is 9.96. The molecule has 146 valence electrons. The summed E-state index contributed by atoms with van der Waals surface area (Å²) >= 11 is 1.32. The number of amides is 1. The zero-order valence-electron chi connectivity index (χ0n) is 16.2. The van der Waals surface area contributed by atoms with E-state index in [4.69, 9.17) is 4.74 Å². The lowest BCUT2D eigenvalue weighted by atomic mass is 10.1. The van der Waals surface area contributed by atoms with Crippen LogP contribution in [0, 0.1) is 0 Å². The van der Waals surface area contributed by atoms with Gasteiger partial charge in [-0.2, -0.15) is 4.68 Å². The highest BCUT2D eigenvalue weighted by molar-refractivity contribution is 7.99. The number of aryl methyl sites for hydroxylation is 1. The standard InChI is InChI=1S/C20H23N5O2S/c1-4-15-5-7-16(8-6-15)13-24(2)19(26)14-28-20-21-22-23-25(20)17-9-11-18(27-3)12-10-17/h5-12H,4,13-14H2,1-3H3. The number of benzene rings is 2. The molecule has 0 saturated heterocycles. The molecule has 3 aromatic rings. The van der Waals surface area contributed by atoms with Crippen LogP contribution < -0.4 is 4.74 Å². The van der Waals surface area contributed by atoms with Crippen molar-refractivity contribution in [1.82, 2.24) is 25.1 Å². The summed E-state index contributed by atoms with van der Waals surface area (Å²) in [6.45, 7) is 2.70. The minimum atomic E-state index is 0.0221. The van der Waals surface area contributed by atoms with Crippen molar-refractivity contribution in [1.29, 1.82) is 0 Å². The fourth-order valence-corrected chi connectivity index (χ4v) is 3.46. The van der Waals surface area contributed by atoms with Crippen LogP contribution in [0.5, 0.6) is 5.75 Å². The van der Waals surface area contributed by atoms with Gasteiger partial charge in [0.05, 0.1) is 18.6 Å².